The number of carbonyl (C=O) groups excluding carboxylic acids is 2. The van der Waals surface area contributed by atoms with Crippen molar-refractivity contribution in [3.05, 3.63) is 48.6 Å². The summed E-state index contributed by atoms with van der Waals surface area (Å²) < 4.78 is 30.6. The number of phosphoric acid groups is 1. The zero-order valence-electron chi connectivity index (χ0n) is 48.2. The highest BCUT2D eigenvalue weighted by molar-refractivity contribution is 7.47. The van der Waals surface area contributed by atoms with Gasteiger partial charge in [-0.1, -0.05) is 230 Å². The molecule has 9 nitrogen and oxygen atoms in total. The molecule has 2 N–H and O–H groups in total. The Morgan fingerprint density at radius 3 is 1.31 bits per heavy atom. The lowest BCUT2D eigenvalue weighted by Crippen LogP contribution is -2.47. The summed E-state index contributed by atoms with van der Waals surface area (Å²) in [5, 5.41) is 3.04. The standard InChI is InChI=1S/C62H117N2O7P/c1-7-10-13-16-19-22-25-27-29-30-31-32-33-34-35-37-40-43-46-49-52-55-62(66)71-60(53-50-47-44-41-38-24-21-18-15-12-9-3)59(58-70-72(67,68)69-57-56-64(4,5)6)63-61(65)54-51-48-45-42-39-36-28-26-23-20-17-14-11-8-2/h19,22,27,29,36,39,50,53,59-60H,7-18,20-21,23-26,28,30-35,37-38,40-49,51-52,54-58H2,1-6H3,(H-,63,65,67,68)/p+1/b22-19-,29-27-,39-36-,53-50-. The molecule has 3 unspecified atom stereocenters. The first kappa shape index (κ1) is 70.0. The third kappa shape index (κ3) is 52.8. The van der Waals surface area contributed by atoms with E-state index in [-0.39, 0.29) is 31.5 Å². The fourth-order valence-corrected chi connectivity index (χ4v) is 9.47. The predicted octanol–water partition coefficient (Wildman–Crippen LogP) is 18.5. The molecule has 1 amide bonds. The van der Waals surface area contributed by atoms with E-state index in [0.29, 0.717) is 17.4 Å². The van der Waals surface area contributed by atoms with Gasteiger partial charge < -0.3 is 19.4 Å². The van der Waals surface area contributed by atoms with Crippen molar-refractivity contribution in [3.8, 4) is 0 Å². The summed E-state index contributed by atoms with van der Waals surface area (Å²) >= 11 is 0. The van der Waals surface area contributed by atoms with E-state index in [2.05, 4.69) is 62.5 Å². The van der Waals surface area contributed by atoms with Crippen molar-refractivity contribution in [3.63, 3.8) is 0 Å². The molecule has 0 aliphatic rings. The fraction of sp³-hybridized carbons (Fsp3) is 0.839. The van der Waals surface area contributed by atoms with Gasteiger partial charge in [0, 0.05) is 12.8 Å². The van der Waals surface area contributed by atoms with Crippen LogP contribution in [0.15, 0.2) is 48.6 Å². The second-order valence-corrected chi connectivity index (χ2v) is 23.3. The number of rotatable bonds is 55. The van der Waals surface area contributed by atoms with Crippen LogP contribution in [0.2, 0.25) is 0 Å². The number of phosphoric ester groups is 1. The molecule has 0 aliphatic heterocycles. The molecule has 3 atom stereocenters. The van der Waals surface area contributed by atoms with E-state index in [9.17, 15) is 19.0 Å². The average Bonchev–Trinajstić information content (AvgIpc) is 3.34. The number of amides is 1. The van der Waals surface area contributed by atoms with Crippen LogP contribution in [-0.4, -0.2) is 74.3 Å². The Balaban J connectivity index is 5.21. The molecular formula is C62H118N2O7P+. The van der Waals surface area contributed by atoms with Crippen molar-refractivity contribution in [2.24, 2.45) is 0 Å². The third-order valence-electron chi connectivity index (χ3n) is 13.5. The molecule has 72 heavy (non-hydrogen) atoms. The van der Waals surface area contributed by atoms with E-state index in [1.165, 1.54) is 173 Å². The predicted molar refractivity (Wildman–Crippen MR) is 309 cm³/mol. The molecule has 0 aromatic rings. The minimum atomic E-state index is -4.45. The van der Waals surface area contributed by atoms with E-state index in [4.69, 9.17) is 13.8 Å². The average molecular weight is 1030 g/mol. The van der Waals surface area contributed by atoms with Crippen LogP contribution >= 0.6 is 7.82 Å². The molecule has 422 valence electrons. The van der Waals surface area contributed by atoms with Crippen LogP contribution in [0.3, 0.4) is 0 Å². The molecule has 0 heterocycles. The second kappa shape index (κ2) is 52.4. The van der Waals surface area contributed by atoms with Gasteiger partial charge in [0.1, 0.15) is 19.3 Å². The van der Waals surface area contributed by atoms with Crippen LogP contribution in [0.25, 0.3) is 0 Å². The molecule has 0 rings (SSSR count). The Morgan fingerprint density at radius 1 is 0.486 bits per heavy atom. The molecule has 0 radical (unpaired) electrons. The first-order valence-electron chi connectivity index (χ1n) is 30.5. The molecule has 0 saturated carbocycles. The SMILES string of the molecule is CCCCC/C=C\C/C=C\CCCCCCCCCCCCCC(=O)OC(/C=C\CCCCCCCCCCC)C(COP(=O)(O)OCC[N+](C)(C)C)NC(=O)CCCCC/C=C\CCCCCCCCC. The van der Waals surface area contributed by atoms with Crippen molar-refractivity contribution in [2.45, 2.75) is 296 Å². The quantitative estimate of drug-likeness (QED) is 0.0205. The third-order valence-corrected chi connectivity index (χ3v) is 14.5. The highest BCUT2D eigenvalue weighted by Crippen LogP contribution is 2.43. The lowest BCUT2D eigenvalue weighted by molar-refractivity contribution is -0.870. The number of esters is 1. The van der Waals surface area contributed by atoms with E-state index in [1.54, 1.807) is 0 Å². The van der Waals surface area contributed by atoms with Crippen molar-refractivity contribution in [1.29, 1.82) is 0 Å². The van der Waals surface area contributed by atoms with Gasteiger partial charge in [-0.15, -0.1) is 0 Å². The van der Waals surface area contributed by atoms with Gasteiger partial charge in [-0.25, -0.2) is 4.57 Å². The van der Waals surface area contributed by atoms with Gasteiger partial charge in [-0.3, -0.25) is 18.6 Å². The number of carbonyl (C=O) groups is 2. The zero-order valence-corrected chi connectivity index (χ0v) is 49.1. The Morgan fingerprint density at radius 2 is 0.847 bits per heavy atom. The number of quaternary nitrogens is 1. The monoisotopic (exact) mass is 1030 g/mol. The Labute approximate surface area is 446 Å². The van der Waals surface area contributed by atoms with Crippen molar-refractivity contribution in [2.75, 3.05) is 40.9 Å². The fourth-order valence-electron chi connectivity index (χ4n) is 8.73. The molecule has 0 aliphatic carbocycles. The summed E-state index contributed by atoms with van der Waals surface area (Å²) in [4.78, 5) is 37.6. The van der Waals surface area contributed by atoms with Crippen LogP contribution in [-0.2, 0) is 27.9 Å². The summed E-state index contributed by atoms with van der Waals surface area (Å²) in [5.74, 6) is -0.520. The van der Waals surface area contributed by atoms with Gasteiger partial charge in [0.15, 0.2) is 0 Å². The molecule has 0 bridgehead atoms. The largest absolute Gasteiger partial charge is 0.472 e. The smallest absolute Gasteiger partial charge is 0.456 e. The minimum Gasteiger partial charge on any atom is -0.456 e. The zero-order chi connectivity index (χ0) is 52.9. The first-order chi connectivity index (χ1) is 34.9. The van der Waals surface area contributed by atoms with Crippen molar-refractivity contribution in [1.82, 2.24) is 5.32 Å². The maximum Gasteiger partial charge on any atom is 0.472 e. The number of unbranched alkanes of at least 4 members (excludes halogenated alkanes) is 33. The highest BCUT2D eigenvalue weighted by Gasteiger charge is 2.30. The highest BCUT2D eigenvalue weighted by atomic mass is 31.2. The summed E-state index contributed by atoms with van der Waals surface area (Å²) in [5.41, 5.74) is 0. The molecular weight excluding hydrogens is 916 g/mol. The van der Waals surface area contributed by atoms with Gasteiger partial charge in [-0.2, -0.15) is 0 Å². The number of nitrogens with zero attached hydrogens (tertiary/aromatic N) is 1. The first-order valence-corrected chi connectivity index (χ1v) is 32.0. The normalized spacial score (nSPS) is 14.0. The molecule has 0 saturated heterocycles. The maximum atomic E-state index is 13.5. The Hall–Kier alpha value is -2.03. The Kier molecular flexibility index (Phi) is 50.9. The number of ether oxygens (including phenoxy) is 1. The maximum absolute atomic E-state index is 13.5. The van der Waals surface area contributed by atoms with Gasteiger partial charge in [-0.05, 0) is 89.5 Å². The van der Waals surface area contributed by atoms with Crippen LogP contribution in [0.1, 0.15) is 284 Å². The Bertz CT molecular complexity index is 1380. The summed E-state index contributed by atoms with van der Waals surface area (Å²) in [6, 6.07) is -0.855. The van der Waals surface area contributed by atoms with Crippen molar-refractivity contribution >= 4 is 19.7 Å². The van der Waals surface area contributed by atoms with Crippen molar-refractivity contribution < 1.29 is 37.3 Å². The van der Waals surface area contributed by atoms with Gasteiger partial charge in [0.05, 0.1) is 33.8 Å². The topological polar surface area (TPSA) is 111 Å². The van der Waals surface area contributed by atoms with E-state index >= 15 is 0 Å². The lowest BCUT2D eigenvalue weighted by Gasteiger charge is -2.27. The van der Waals surface area contributed by atoms with Crippen LogP contribution in [0, 0.1) is 0 Å². The number of hydrogen-bond acceptors (Lipinski definition) is 6. The molecule has 0 aromatic carbocycles. The molecule has 10 heteroatoms. The van der Waals surface area contributed by atoms with Crippen LogP contribution < -0.4 is 5.32 Å². The van der Waals surface area contributed by atoms with E-state index in [1.807, 2.05) is 33.3 Å². The van der Waals surface area contributed by atoms with Crippen LogP contribution in [0.4, 0.5) is 0 Å². The number of hydrogen-bond donors (Lipinski definition) is 2. The number of nitrogens with one attached hydrogen (secondary N) is 1. The number of allylic oxidation sites excluding steroid dienone is 7. The van der Waals surface area contributed by atoms with E-state index < -0.39 is 20.0 Å². The van der Waals surface area contributed by atoms with Gasteiger partial charge in [0.2, 0.25) is 5.91 Å². The lowest BCUT2D eigenvalue weighted by atomic mass is 10.0. The van der Waals surface area contributed by atoms with Gasteiger partial charge in [0.25, 0.3) is 0 Å². The van der Waals surface area contributed by atoms with Gasteiger partial charge >= 0.3 is 13.8 Å². The van der Waals surface area contributed by atoms with E-state index in [0.717, 1.165) is 77.0 Å². The second-order valence-electron chi connectivity index (χ2n) is 21.9. The molecule has 0 spiro atoms. The number of likely N-dealkylation sites (N-methyl/N-ethyl adjacent to an activating group) is 1. The summed E-state index contributed by atoms with van der Waals surface area (Å²) in [6.07, 6.45) is 63.9. The molecule has 0 aromatic heterocycles. The summed E-state index contributed by atoms with van der Waals surface area (Å²) in [6.45, 7) is 6.98. The van der Waals surface area contributed by atoms with Crippen LogP contribution in [0.5, 0.6) is 0 Å². The molecule has 0 fully saturated rings. The summed E-state index contributed by atoms with van der Waals surface area (Å²) in [7, 11) is 1.49. The minimum absolute atomic E-state index is 0.0376.